The summed E-state index contributed by atoms with van der Waals surface area (Å²) in [4.78, 5) is 0. The van der Waals surface area contributed by atoms with Crippen LogP contribution >= 0.6 is 11.8 Å². The van der Waals surface area contributed by atoms with Gasteiger partial charge < -0.3 is 14.6 Å². The van der Waals surface area contributed by atoms with Crippen molar-refractivity contribution in [1.82, 2.24) is 0 Å². The highest BCUT2D eigenvalue weighted by atomic mass is 32.2. The Bertz CT molecular complexity index is 219. The summed E-state index contributed by atoms with van der Waals surface area (Å²) in [7, 11) is 1.73. The third-order valence-corrected chi connectivity index (χ3v) is 5.12. The lowest BCUT2D eigenvalue weighted by Crippen LogP contribution is -2.33. The number of methoxy groups -OCH3 is 1. The number of aliphatic hydroxyl groups is 1. The molecule has 0 aromatic carbocycles. The second-order valence-electron chi connectivity index (χ2n) is 5.35. The van der Waals surface area contributed by atoms with Gasteiger partial charge in [0.1, 0.15) is 0 Å². The largest absolute Gasteiger partial charge is 0.393 e. The first kappa shape index (κ1) is 17.3. The molecule has 0 radical (unpaired) electrons. The fraction of sp³-hybridized carbons (Fsp3) is 1.00. The first-order valence-corrected chi connectivity index (χ1v) is 8.74. The smallest absolute Gasteiger partial charge is 0.169 e. The average Bonchev–Trinajstić information content (AvgIpc) is 2.95. The van der Waals surface area contributed by atoms with Crippen LogP contribution in [0.15, 0.2) is 0 Å². The molecule has 1 rings (SSSR count). The first-order chi connectivity index (χ1) is 9.21. The van der Waals surface area contributed by atoms with Gasteiger partial charge in [-0.1, -0.05) is 26.7 Å². The maximum absolute atomic E-state index is 9.85. The molecule has 19 heavy (non-hydrogen) atoms. The van der Waals surface area contributed by atoms with Crippen LogP contribution in [0, 0.1) is 0 Å². The van der Waals surface area contributed by atoms with Crippen molar-refractivity contribution in [3.63, 3.8) is 0 Å². The molecule has 4 heteroatoms. The van der Waals surface area contributed by atoms with Gasteiger partial charge in [0.05, 0.1) is 17.5 Å². The Labute approximate surface area is 122 Å². The standard InChI is InChI=1S/C15H30O3S/c1-4-6-8-13(11-12(16)5-2)18-15(17-3)14-9-7-10-19-14/h12-16H,4-11H2,1-3H3. The summed E-state index contributed by atoms with van der Waals surface area (Å²) in [5.41, 5.74) is 0. The molecule has 1 N–H and O–H groups in total. The monoisotopic (exact) mass is 290 g/mol. The Kier molecular flexibility index (Phi) is 9.12. The van der Waals surface area contributed by atoms with Gasteiger partial charge in [0.15, 0.2) is 6.29 Å². The molecule has 0 saturated carbocycles. The van der Waals surface area contributed by atoms with E-state index in [2.05, 4.69) is 6.92 Å². The Morgan fingerprint density at radius 3 is 2.68 bits per heavy atom. The van der Waals surface area contributed by atoms with Gasteiger partial charge in [-0.2, -0.15) is 11.8 Å². The average molecular weight is 290 g/mol. The van der Waals surface area contributed by atoms with E-state index in [1.165, 1.54) is 18.6 Å². The van der Waals surface area contributed by atoms with Gasteiger partial charge in [-0.15, -0.1) is 0 Å². The minimum atomic E-state index is -0.254. The van der Waals surface area contributed by atoms with E-state index in [1.807, 2.05) is 18.7 Å². The van der Waals surface area contributed by atoms with E-state index >= 15 is 0 Å². The van der Waals surface area contributed by atoms with E-state index in [0.29, 0.717) is 5.25 Å². The zero-order valence-corrected chi connectivity index (χ0v) is 13.5. The lowest BCUT2D eigenvalue weighted by atomic mass is 10.0. The zero-order chi connectivity index (χ0) is 14.1. The molecule has 0 spiro atoms. The van der Waals surface area contributed by atoms with Crippen molar-refractivity contribution in [1.29, 1.82) is 0 Å². The van der Waals surface area contributed by atoms with E-state index in [9.17, 15) is 5.11 Å². The summed E-state index contributed by atoms with van der Waals surface area (Å²) < 4.78 is 11.7. The van der Waals surface area contributed by atoms with Crippen molar-refractivity contribution in [3.05, 3.63) is 0 Å². The molecule has 0 aromatic heterocycles. The summed E-state index contributed by atoms with van der Waals surface area (Å²) in [5, 5.41) is 10.3. The van der Waals surface area contributed by atoms with Gasteiger partial charge in [-0.05, 0) is 37.9 Å². The molecule has 0 aliphatic carbocycles. The summed E-state index contributed by atoms with van der Waals surface area (Å²) in [6, 6.07) is 0. The van der Waals surface area contributed by atoms with Crippen molar-refractivity contribution in [3.8, 4) is 0 Å². The summed E-state index contributed by atoms with van der Waals surface area (Å²) in [6.07, 6.45) is 7.05. The summed E-state index contributed by atoms with van der Waals surface area (Å²) in [6.45, 7) is 4.20. The van der Waals surface area contributed by atoms with Crippen molar-refractivity contribution < 1.29 is 14.6 Å². The molecule has 1 heterocycles. The Balaban J connectivity index is 2.46. The molecule has 1 fully saturated rings. The number of ether oxygens (including phenoxy) is 2. The van der Waals surface area contributed by atoms with Gasteiger partial charge >= 0.3 is 0 Å². The Morgan fingerprint density at radius 2 is 2.16 bits per heavy atom. The lowest BCUT2D eigenvalue weighted by Gasteiger charge is -2.28. The second-order valence-corrected chi connectivity index (χ2v) is 6.70. The van der Waals surface area contributed by atoms with Crippen molar-refractivity contribution >= 4 is 11.8 Å². The van der Waals surface area contributed by atoms with E-state index in [1.54, 1.807) is 7.11 Å². The second kappa shape index (κ2) is 10.0. The molecule has 0 amide bonds. The number of hydrogen-bond donors (Lipinski definition) is 1. The number of hydrogen-bond acceptors (Lipinski definition) is 4. The Morgan fingerprint density at radius 1 is 1.37 bits per heavy atom. The van der Waals surface area contributed by atoms with Gasteiger partial charge in [0.25, 0.3) is 0 Å². The van der Waals surface area contributed by atoms with Crippen LogP contribution in [0.3, 0.4) is 0 Å². The molecule has 1 aliphatic rings. The molecule has 4 unspecified atom stereocenters. The van der Waals surface area contributed by atoms with Gasteiger partial charge in [-0.3, -0.25) is 0 Å². The highest BCUT2D eigenvalue weighted by Gasteiger charge is 2.29. The van der Waals surface area contributed by atoms with Crippen molar-refractivity contribution in [2.24, 2.45) is 0 Å². The summed E-state index contributed by atoms with van der Waals surface area (Å²) >= 11 is 1.95. The lowest BCUT2D eigenvalue weighted by molar-refractivity contribution is -0.163. The molecular formula is C15H30O3S. The molecular weight excluding hydrogens is 260 g/mol. The normalized spacial score (nSPS) is 24.3. The van der Waals surface area contributed by atoms with Crippen LogP contribution in [0.4, 0.5) is 0 Å². The maximum atomic E-state index is 9.85. The molecule has 1 aliphatic heterocycles. The van der Waals surface area contributed by atoms with Gasteiger partial charge in [0.2, 0.25) is 0 Å². The van der Waals surface area contributed by atoms with Crippen LogP contribution in [-0.4, -0.2) is 41.7 Å². The molecule has 0 bridgehead atoms. The molecule has 3 nitrogen and oxygen atoms in total. The third-order valence-electron chi connectivity index (χ3n) is 3.71. The van der Waals surface area contributed by atoms with Crippen LogP contribution in [0.25, 0.3) is 0 Å². The van der Waals surface area contributed by atoms with Crippen LogP contribution in [0.5, 0.6) is 0 Å². The van der Waals surface area contributed by atoms with Crippen LogP contribution in [0.1, 0.15) is 58.8 Å². The maximum Gasteiger partial charge on any atom is 0.169 e. The molecule has 114 valence electrons. The predicted molar refractivity (Wildman–Crippen MR) is 81.6 cm³/mol. The predicted octanol–water partition coefficient (Wildman–Crippen LogP) is 3.59. The molecule has 1 saturated heterocycles. The van der Waals surface area contributed by atoms with Crippen LogP contribution in [0.2, 0.25) is 0 Å². The van der Waals surface area contributed by atoms with E-state index in [-0.39, 0.29) is 18.5 Å². The van der Waals surface area contributed by atoms with Crippen LogP contribution in [-0.2, 0) is 9.47 Å². The van der Waals surface area contributed by atoms with E-state index in [0.717, 1.165) is 32.1 Å². The van der Waals surface area contributed by atoms with Crippen molar-refractivity contribution in [2.75, 3.05) is 12.9 Å². The van der Waals surface area contributed by atoms with Crippen molar-refractivity contribution in [2.45, 2.75) is 82.5 Å². The van der Waals surface area contributed by atoms with E-state index < -0.39 is 0 Å². The van der Waals surface area contributed by atoms with E-state index in [4.69, 9.17) is 9.47 Å². The van der Waals surface area contributed by atoms with Gasteiger partial charge in [0, 0.05) is 7.11 Å². The first-order valence-electron chi connectivity index (χ1n) is 7.69. The minimum absolute atomic E-state index is 0.113. The van der Waals surface area contributed by atoms with Gasteiger partial charge in [-0.25, -0.2) is 0 Å². The topological polar surface area (TPSA) is 38.7 Å². The number of unbranched alkanes of at least 4 members (excludes halogenated alkanes) is 1. The minimum Gasteiger partial charge on any atom is -0.393 e. The number of thioether (sulfide) groups is 1. The van der Waals surface area contributed by atoms with Crippen LogP contribution < -0.4 is 0 Å². The third kappa shape index (κ3) is 6.48. The highest BCUT2D eigenvalue weighted by Crippen LogP contribution is 2.31. The highest BCUT2D eigenvalue weighted by molar-refractivity contribution is 8.00. The fourth-order valence-corrected chi connectivity index (χ4v) is 3.75. The number of aliphatic hydroxyl groups excluding tert-OH is 1. The molecule has 0 aromatic rings. The Hall–Kier alpha value is 0.230. The SMILES string of the molecule is CCCCC(CC(O)CC)OC(OC)C1CCCS1. The number of rotatable bonds is 10. The fourth-order valence-electron chi connectivity index (χ4n) is 2.45. The quantitative estimate of drug-likeness (QED) is 0.624. The zero-order valence-electron chi connectivity index (χ0n) is 12.6. The summed E-state index contributed by atoms with van der Waals surface area (Å²) in [5.74, 6) is 1.21. The molecule has 4 atom stereocenters.